The Labute approximate surface area is 122 Å². The zero-order chi connectivity index (χ0) is 14.2. The van der Waals surface area contributed by atoms with Gasteiger partial charge in [0.05, 0.1) is 0 Å². The van der Waals surface area contributed by atoms with Gasteiger partial charge in [-0.05, 0) is 48.5 Å². The third-order valence-corrected chi connectivity index (χ3v) is 3.60. The van der Waals surface area contributed by atoms with Crippen molar-refractivity contribution >= 4 is 11.1 Å². The van der Waals surface area contributed by atoms with E-state index >= 15 is 0 Å². The van der Waals surface area contributed by atoms with E-state index in [1.54, 1.807) is 0 Å². The first-order valence-electron chi connectivity index (χ1n) is 7.25. The Balaban J connectivity index is 1.88. The molecule has 0 heteroatoms. The van der Waals surface area contributed by atoms with Crippen molar-refractivity contribution in [2.75, 3.05) is 0 Å². The van der Waals surface area contributed by atoms with Gasteiger partial charge in [0.25, 0.3) is 0 Å². The predicted molar refractivity (Wildman–Crippen MR) is 89.4 cm³/mol. The summed E-state index contributed by atoms with van der Waals surface area (Å²) >= 11 is 0. The van der Waals surface area contributed by atoms with Crippen molar-refractivity contribution in [1.29, 1.82) is 0 Å². The first kappa shape index (κ1) is 14.3. The number of allylic oxidation sites excluding steroid dienone is 3. The number of benzene rings is 2. The highest BCUT2D eigenvalue weighted by molar-refractivity contribution is 5.66. The van der Waals surface area contributed by atoms with Crippen molar-refractivity contribution < 1.29 is 0 Å². The highest BCUT2D eigenvalue weighted by Gasteiger charge is 2.02. The van der Waals surface area contributed by atoms with Crippen molar-refractivity contribution in [2.45, 2.75) is 26.2 Å². The molecule has 0 aromatic heterocycles. The second kappa shape index (κ2) is 7.49. The molecule has 0 atom stereocenters. The van der Waals surface area contributed by atoms with Crippen LogP contribution in [0.3, 0.4) is 0 Å². The van der Waals surface area contributed by atoms with Crippen LogP contribution in [0.1, 0.15) is 37.3 Å². The molecule has 2 aromatic carbocycles. The van der Waals surface area contributed by atoms with E-state index < -0.39 is 0 Å². The monoisotopic (exact) mass is 262 g/mol. The second-order valence-corrected chi connectivity index (χ2v) is 5.00. The van der Waals surface area contributed by atoms with Crippen LogP contribution in [0.5, 0.6) is 0 Å². The lowest BCUT2D eigenvalue weighted by Crippen LogP contribution is -1.87. The van der Waals surface area contributed by atoms with Gasteiger partial charge in [0, 0.05) is 0 Å². The van der Waals surface area contributed by atoms with Crippen molar-refractivity contribution in [3.63, 3.8) is 0 Å². The molecule has 0 bridgehead atoms. The summed E-state index contributed by atoms with van der Waals surface area (Å²) in [5.74, 6) is 0. The van der Waals surface area contributed by atoms with Crippen molar-refractivity contribution in [2.24, 2.45) is 0 Å². The first-order chi connectivity index (χ1) is 9.81. The molecule has 102 valence electrons. The SMILES string of the molecule is C=C(CCCC(=CC)c1ccccc1)c1ccccc1. The highest BCUT2D eigenvalue weighted by atomic mass is 14.1. The van der Waals surface area contributed by atoms with Gasteiger partial charge in [0.1, 0.15) is 0 Å². The molecule has 0 amide bonds. The highest BCUT2D eigenvalue weighted by Crippen LogP contribution is 2.24. The molecule has 0 heterocycles. The number of rotatable bonds is 6. The van der Waals surface area contributed by atoms with Gasteiger partial charge in [-0.25, -0.2) is 0 Å². The van der Waals surface area contributed by atoms with E-state index in [1.807, 2.05) is 6.07 Å². The number of hydrogen-bond donors (Lipinski definition) is 0. The van der Waals surface area contributed by atoms with E-state index in [1.165, 1.54) is 22.3 Å². The van der Waals surface area contributed by atoms with Gasteiger partial charge >= 0.3 is 0 Å². The summed E-state index contributed by atoms with van der Waals surface area (Å²) in [4.78, 5) is 0. The van der Waals surface area contributed by atoms with E-state index in [0.29, 0.717) is 0 Å². The lowest BCUT2D eigenvalue weighted by Gasteiger charge is -2.09. The lowest BCUT2D eigenvalue weighted by molar-refractivity contribution is 0.892. The maximum atomic E-state index is 4.20. The van der Waals surface area contributed by atoms with Gasteiger partial charge in [-0.3, -0.25) is 0 Å². The molecule has 20 heavy (non-hydrogen) atoms. The minimum atomic E-state index is 1.05. The summed E-state index contributed by atoms with van der Waals surface area (Å²) in [5, 5.41) is 0. The normalized spacial score (nSPS) is 11.3. The van der Waals surface area contributed by atoms with Crippen LogP contribution in [0, 0.1) is 0 Å². The third kappa shape index (κ3) is 3.96. The quantitative estimate of drug-likeness (QED) is 0.601. The van der Waals surface area contributed by atoms with Crippen molar-refractivity contribution in [1.82, 2.24) is 0 Å². The molecule has 0 aliphatic rings. The molecule has 0 spiro atoms. The second-order valence-electron chi connectivity index (χ2n) is 5.00. The van der Waals surface area contributed by atoms with E-state index in [9.17, 15) is 0 Å². The Hall–Kier alpha value is -2.08. The smallest absolute Gasteiger partial charge is 0.0228 e. The summed E-state index contributed by atoms with van der Waals surface area (Å²) in [6.45, 7) is 6.32. The minimum Gasteiger partial charge on any atom is -0.0952 e. The fourth-order valence-electron chi connectivity index (χ4n) is 2.42. The van der Waals surface area contributed by atoms with Gasteiger partial charge < -0.3 is 0 Å². The Morgan fingerprint density at radius 3 is 1.95 bits per heavy atom. The molecule has 0 fully saturated rings. The Kier molecular flexibility index (Phi) is 5.37. The number of hydrogen-bond acceptors (Lipinski definition) is 0. The largest absolute Gasteiger partial charge is 0.0952 e. The summed E-state index contributed by atoms with van der Waals surface area (Å²) < 4.78 is 0. The predicted octanol–water partition coefficient (Wildman–Crippen LogP) is 5.97. The molecule has 0 aliphatic carbocycles. The first-order valence-corrected chi connectivity index (χ1v) is 7.25. The van der Waals surface area contributed by atoms with Crippen LogP contribution >= 0.6 is 0 Å². The van der Waals surface area contributed by atoms with Gasteiger partial charge in [-0.1, -0.05) is 73.3 Å². The van der Waals surface area contributed by atoms with Crippen LogP contribution in [0.2, 0.25) is 0 Å². The molecule has 0 unspecified atom stereocenters. The zero-order valence-corrected chi connectivity index (χ0v) is 12.2. The lowest BCUT2D eigenvalue weighted by atomic mass is 9.96. The van der Waals surface area contributed by atoms with E-state index in [0.717, 1.165) is 19.3 Å². The molecule has 0 nitrogen and oxygen atoms in total. The Morgan fingerprint density at radius 1 is 0.850 bits per heavy atom. The van der Waals surface area contributed by atoms with Crippen molar-refractivity contribution in [3.05, 3.63) is 84.4 Å². The van der Waals surface area contributed by atoms with E-state index in [4.69, 9.17) is 0 Å². The van der Waals surface area contributed by atoms with Crippen molar-refractivity contribution in [3.8, 4) is 0 Å². The summed E-state index contributed by atoms with van der Waals surface area (Å²) in [7, 11) is 0. The molecule has 0 saturated heterocycles. The summed E-state index contributed by atoms with van der Waals surface area (Å²) in [5.41, 5.74) is 5.25. The average Bonchev–Trinajstić information content (AvgIpc) is 2.53. The summed E-state index contributed by atoms with van der Waals surface area (Å²) in [6, 6.07) is 21.1. The molecule has 0 N–H and O–H groups in total. The minimum absolute atomic E-state index is 1.05. The third-order valence-electron chi connectivity index (χ3n) is 3.60. The molecule has 0 saturated carbocycles. The fraction of sp³-hybridized carbons (Fsp3) is 0.200. The van der Waals surface area contributed by atoms with Gasteiger partial charge in [-0.15, -0.1) is 0 Å². The maximum absolute atomic E-state index is 4.20. The molecular weight excluding hydrogens is 240 g/mol. The van der Waals surface area contributed by atoms with Crippen LogP contribution in [-0.2, 0) is 0 Å². The zero-order valence-electron chi connectivity index (χ0n) is 12.2. The van der Waals surface area contributed by atoms with Crippen LogP contribution in [0.4, 0.5) is 0 Å². The van der Waals surface area contributed by atoms with Crippen LogP contribution in [0.25, 0.3) is 11.1 Å². The Bertz CT molecular complexity index is 562. The van der Waals surface area contributed by atoms with Crippen LogP contribution < -0.4 is 0 Å². The molecule has 0 aliphatic heterocycles. The van der Waals surface area contributed by atoms with E-state index in [-0.39, 0.29) is 0 Å². The average molecular weight is 262 g/mol. The van der Waals surface area contributed by atoms with Gasteiger partial charge in [-0.2, -0.15) is 0 Å². The van der Waals surface area contributed by atoms with Crippen LogP contribution in [-0.4, -0.2) is 0 Å². The topological polar surface area (TPSA) is 0 Å². The molecule has 0 radical (unpaired) electrons. The Morgan fingerprint density at radius 2 is 1.40 bits per heavy atom. The van der Waals surface area contributed by atoms with E-state index in [2.05, 4.69) is 74.2 Å². The van der Waals surface area contributed by atoms with Crippen LogP contribution in [0.15, 0.2) is 73.3 Å². The fourth-order valence-corrected chi connectivity index (χ4v) is 2.42. The molecular formula is C20H22. The molecule has 2 rings (SSSR count). The molecule has 2 aromatic rings. The van der Waals surface area contributed by atoms with Gasteiger partial charge in [0.15, 0.2) is 0 Å². The maximum Gasteiger partial charge on any atom is -0.0228 e. The standard InChI is InChI=1S/C20H22/c1-3-18(20-14-8-5-9-15-20)16-10-11-17(2)19-12-6-4-7-13-19/h3-9,12-15H,2,10-11,16H2,1H3. The summed E-state index contributed by atoms with van der Waals surface area (Å²) in [6.07, 6.45) is 5.52. The van der Waals surface area contributed by atoms with Gasteiger partial charge in [0.2, 0.25) is 0 Å².